The highest BCUT2D eigenvalue weighted by atomic mass is 32.1. The molecule has 3 nitrogen and oxygen atoms in total. The van der Waals surface area contributed by atoms with E-state index in [1.807, 2.05) is 47.0 Å². The van der Waals surface area contributed by atoms with Crippen LogP contribution in [0.15, 0.2) is 77.7 Å². The fourth-order valence-electron chi connectivity index (χ4n) is 2.60. The van der Waals surface area contributed by atoms with Gasteiger partial charge in [0.2, 0.25) is 0 Å². The first-order valence-electron chi connectivity index (χ1n) is 12.1. The summed E-state index contributed by atoms with van der Waals surface area (Å²) in [5.74, 6) is 7.26. The molecule has 1 aliphatic rings. The molecule has 0 atom stereocenters. The Labute approximate surface area is 218 Å². The SMILES string of the molecule is C=CCc1cc(/C(=C/C(=C)C#CC)N=CC)cs1.CC.CC(=N)N(C)C.c1ccc(C2CC2)cc1. The molecule has 0 aliphatic heterocycles. The largest absolute Gasteiger partial charge is 0.367 e. The molecule has 3 rings (SSSR count). The van der Waals surface area contributed by atoms with Gasteiger partial charge in [0.15, 0.2) is 0 Å². The monoisotopic (exact) mass is 489 g/mol. The fraction of sp³-hybridized carbons (Fsp3) is 0.355. The van der Waals surface area contributed by atoms with Crippen molar-refractivity contribution in [3.05, 3.63) is 88.7 Å². The van der Waals surface area contributed by atoms with Crippen molar-refractivity contribution < 1.29 is 0 Å². The van der Waals surface area contributed by atoms with Crippen LogP contribution in [0.1, 0.15) is 69.4 Å². The van der Waals surface area contributed by atoms with E-state index < -0.39 is 0 Å². The number of nitrogens with one attached hydrogen (secondary N) is 1. The van der Waals surface area contributed by atoms with E-state index in [0.717, 1.165) is 29.2 Å². The van der Waals surface area contributed by atoms with Crippen molar-refractivity contribution in [2.45, 2.75) is 59.8 Å². The van der Waals surface area contributed by atoms with Crippen LogP contribution in [-0.2, 0) is 6.42 Å². The van der Waals surface area contributed by atoms with E-state index in [1.165, 1.54) is 23.3 Å². The zero-order valence-electron chi connectivity index (χ0n) is 22.7. The number of aliphatic imine (C=N–C) groups is 1. The van der Waals surface area contributed by atoms with Gasteiger partial charge in [0.25, 0.3) is 0 Å². The van der Waals surface area contributed by atoms with Gasteiger partial charge in [-0.1, -0.05) is 62.8 Å². The van der Waals surface area contributed by atoms with Gasteiger partial charge >= 0.3 is 0 Å². The average molecular weight is 490 g/mol. The lowest BCUT2D eigenvalue weighted by Crippen LogP contribution is -2.16. The number of allylic oxidation sites excluding steroid dienone is 3. The van der Waals surface area contributed by atoms with Crippen molar-refractivity contribution in [1.82, 2.24) is 4.90 Å². The first-order chi connectivity index (χ1) is 16.8. The minimum atomic E-state index is 0.593. The first kappa shape index (κ1) is 31.8. The van der Waals surface area contributed by atoms with Gasteiger partial charge in [-0.3, -0.25) is 10.4 Å². The molecular formula is C31H43N3S. The van der Waals surface area contributed by atoms with Crippen LogP contribution in [0, 0.1) is 17.3 Å². The third-order valence-electron chi connectivity index (χ3n) is 4.68. The molecule has 1 heterocycles. The Bertz CT molecular complexity index is 1010. The summed E-state index contributed by atoms with van der Waals surface area (Å²) in [6, 6.07) is 12.9. The van der Waals surface area contributed by atoms with Crippen LogP contribution < -0.4 is 0 Å². The van der Waals surface area contributed by atoms with Gasteiger partial charge in [0.1, 0.15) is 0 Å². The Morgan fingerprint density at radius 1 is 1.23 bits per heavy atom. The van der Waals surface area contributed by atoms with Crippen molar-refractivity contribution >= 4 is 29.1 Å². The molecule has 1 aromatic carbocycles. The van der Waals surface area contributed by atoms with Crippen molar-refractivity contribution in [1.29, 1.82) is 5.41 Å². The van der Waals surface area contributed by atoms with Crippen molar-refractivity contribution in [3.8, 4) is 11.8 Å². The second kappa shape index (κ2) is 19.2. The van der Waals surface area contributed by atoms with Gasteiger partial charge in [-0.05, 0) is 63.7 Å². The third-order valence-corrected chi connectivity index (χ3v) is 5.64. The quantitative estimate of drug-likeness (QED) is 0.142. The summed E-state index contributed by atoms with van der Waals surface area (Å²) in [5.41, 5.74) is 4.30. The lowest BCUT2D eigenvalue weighted by atomic mass is 10.1. The molecule has 188 valence electrons. The predicted molar refractivity (Wildman–Crippen MR) is 160 cm³/mol. The van der Waals surface area contributed by atoms with E-state index in [4.69, 9.17) is 5.41 Å². The normalized spacial score (nSPS) is 11.8. The topological polar surface area (TPSA) is 39.5 Å². The minimum Gasteiger partial charge on any atom is -0.367 e. The molecule has 1 fully saturated rings. The molecule has 1 aromatic heterocycles. The highest BCUT2D eigenvalue weighted by molar-refractivity contribution is 7.10. The Balaban J connectivity index is 0.000000560. The Morgan fingerprint density at radius 2 is 1.83 bits per heavy atom. The van der Waals surface area contributed by atoms with E-state index in [0.29, 0.717) is 5.84 Å². The maximum atomic E-state index is 6.88. The highest BCUT2D eigenvalue weighted by Crippen LogP contribution is 2.39. The van der Waals surface area contributed by atoms with E-state index in [9.17, 15) is 0 Å². The number of benzene rings is 1. The summed E-state index contributed by atoms with van der Waals surface area (Å²) < 4.78 is 0. The van der Waals surface area contributed by atoms with Crippen LogP contribution in [0.25, 0.3) is 5.70 Å². The number of nitrogens with zero attached hydrogens (tertiary/aromatic N) is 2. The molecule has 0 amide bonds. The summed E-state index contributed by atoms with van der Waals surface area (Å²) in [6.45, 7) is 17.1. The summed E-state index contributed by atoms with van der Waals surface area (Å²) in [5, 5.41) is 8.98. The van der Waals surface area contributed by atoms with E-state index >= 15 is 0 Å². The molecule has 0 unspecified atom stereocenters. The first-order valence-corrected chi connectivity index (χ1v) is 13.0. The molecule has 0 saturated heterocycles. The van der Waals surface area contributed by atoms with Crippen LogP contribution in [-0.4, -0.2) is 31.0 Å². The summed E-state index contributed by atoms with van der Waals surface area (Å²) in [7, 11) is 3.70. The van der Waals surface area contributed by atoms with Crippen molar-refractivity contribution in [3.63, 3.8) is 0 Å². The zero-order chi connectivity index (χ0) is 26.6. The lowest BCUT2D eigenvalue weighted by molar-refractivity contribution is 0.613. The maximum Gasteiger partial charge on any atom is 0.0920 e. The van der Waals surface area contributed by atoms with E-state index in [-0.39, 0.29) is 0 Å². The number of hydrogen-bond acceptors (Lipinski definition) is 3. The molecule has 1 N–H and O–H groups in total. The molecule has 1 aliphatic carbocycles. The van der Waals surface area contributed by atoms with Crippen LogP contribution in [0.5, 0.6) is 0 Å². The Morgan fingerprint density at radius 3 is 2.29 bits per heavy atom. The minimum absolute atomic E-state index is 0.593. The van der Waals surface area contributed by atoms with Gasteiger partial charge in [-0.2, -0.15) is 0 Å². The number of hydrogen-bond donors (Lipinski definition) is 1. The number of thiophene rings is 1. The number of rotatable bonds is 6. The molecule has 1 saturated carbocycles. The van der Waals surface area contributed by atoms with Gasteiger partial charge in [-0.15, -0.1) is 23.8 Å². The number of amidine groups is 1. The standard InChI is InChI=1S/C16H17NS.C9H10.C4H10N2.C2H6/c1-5-8-13(4)10-16(17-7-3)14-11-15(9-6-2)18-12-14;1-2-4-8(5-3-1)9-6-7-9;1-4(5)6(2)3;1-2/h6-7,10-12H,2,4,9H2,1,3H3;1-5,9H,6-7H2;5H,1-3H3;1-2H3/b16-10-,17-7?;;;. The van der Waals surface area contributed by atoms with Crippen molar-refractivity contribution in [2.75, 3.05) is 14.1 Å². The Kier molecular flexibility index (Phi) is 17.4. The zero-order valence-corrected chi connectivity index (χ0v) is 23.5. The van der Waals surface area contributed by atoms with Gasteiger partial charge in [0, 0.05) is 41.7 Å². The molecule has 35 heavy (non-hydrogen) atoms. The summed E-state index contributed by atoms with van der Waals surface area (Å²) >= 11 is 1.72. The van der Waals surface area contributed by atoms with Crippen LogP contribution in [0.3, 0.4) is 0 Å². The van der Waals surface area contributed by atoms with Crippen LogP contribution in [0.2, 0.25) is 0 Å². The molecule has 2 aromatic rings. The molecular weight excluding hydrogens is 446 g/mol. The second-order valence-electron chi connectivity index (χ2n) is 7.78. The Hall–Kier alpha value is -3.16. The van der Waals surface area contributed by atoms with Gasteiger partial charge in [0.05, 0.1) is 11.5 Å². The highest BCUT2D eigenvalue weighted by Gasteiger charge is 2.22. The lowest BCUT2D eigenvalue weighted by Gasteiger charge is -2.06. The van der Waals surface area contributed by atoms with Crippen LogP contribution in [0.4, 0.5) is 0 Å². The smallest absolute Gasteiger partial charge is 0.0920 e. The van der Waals surface area contributed by atoms with Gasteiger partial charge in [-0.25, -0.2) is 0 Å². The molecule has 4 heteroatoms. The van der Waals surface area contributed by atoms with Crippen molar-refractivity contribution in [2.24, 2.45) is 4.99 Å². The third kappa shape index (κ3) is 14.7. The fourth-order valence-corrected chi connectivity index (χ4v) is 3.48. The molecule has 0 radical (unpaired) electrons. The average Bonchev–Trinajstić information content (AvgIpc) is 3.60. The summed E-state index contributed by atoms with van der Waals surface area (Å²) in [4.78, 5) is 7.41. The maximum absolute atomic E-state index is 6.88. The van der Waals surface area contributed by atoms with E-state index in [1.54, 1.807) is 36.3 Å². The molecule has 0 spiro atoms. The van der Waals surface area contributed by atoms with Gasteiger partial charge < -0.3 is 4.90 Å². The van der Waals surface area contributed by atoms with E-state index in [2.05, 4.69) is 71.8 Å². The molecule has 0 bridgehead atoms. The predicted octanol–water partition coefficient (Wildman–Crippen LogP) is 8.62. The second-order valence-corrected chi connectivity index (χ2v) is 8.77. The summed E-state index contributed by atoms with van der Waals surface area (Å²) in [6.07, 6.45) is 9.31. The van der Waals surface area contributed by atoms with Crippen LogP contribution >= 0.6 is 11.3 Å².